The van der Waals surface area contributed by atoms with Crippen molar-refractivity contribution in [2.45, 2.75) is 45.2 Å². The Morgan fingerprint density at radius 3 is 3.33 bits per heavy atom. The molecule has 2 heterocycles. The van der Waals surface area contributed by atoms with Crippen LogP contribution in [0.25, 0.3) is 0 Å². The van der Waals surface area contributed by atoms with E-state index in [0.717, 1.165) is 31.5 Å². The van der Waals surface area contributed by atoms with Crippen LogP contribution in [0.4, 0.5) is 0 Å². The fraction of sp³-hybridized carbons (Fsp3) is 0.692. The average molecular weight is 251 g/mol. The van der Waals surface area contributed by atoms with E-state index < -0.39 is 0 Å². The number of rotatable bonds is 7. The molecule has 1 atom stereocenters. The first-order valence-corrected chi connectivity index (χ1v) is 6.68. The van der Waals surface area contributed by atoms with Gasteiger partial charge >= 0.3 is 0 Å². The summed E-state index contributed by atoms with van der Waals surface area (Å²) in [5.41, 5.74) is 1.09. The van der Waals surface area contributed by atoms with Crippen LogP contribution in [0, 0.1) is 0 Å². The summed E-state index contributed by atoms with van der Waals surface area (Å²) >= 11 is 0. The maximum atomic E-state index is 11.7. The van der Waals surface area contributed by atoms with Gasteiger partial charge in [0.2, 0.25) is 5.91 Å². The molecule has 1 aromatic heterocycles. The van der Waals surface area contributed by atoms with E-state index in [4.69, 9.17) is 4.74 Å². The smallest absolute Gasteiger partial charge is 0.246 e. The fourth-order valence-corrected chi connectivity index (χ4v) is 2.23. The third-order valence-electron chi connectivity index (χ3n) is 3.22. The molecule has 0 fully saturated rings. The van der Waals surface area contributed by atoms with Gasteiger partial charge in [0, 0.05) is 13.2 Å². The lowest BCUT2D eigenvalue weighted by Crippen LogP contribution is -2.30. The quantitative estimate of drug-likeness (QED) is 0.750. The van der Waals surface area contributed by atoms with Gasteiger partial charge in [0.1, 0.15) is 6.61 Å². The number of nitrogens with zero attached hydrogens (tertiary/aromatic N) is 2. The summed E-state index contributed by atoms with van der Waals surface area (Å²) in [5, 5.41) is 2.99. The number of nitrogens with one attached hydrogen (secondary N) is 1. The number of amides is 1. The lowest BCUT2D eigenvalue weighted by molar-refractivity contribution is -0.126. The topological polar surface area (TPSA) is 56.1 Å². The molecule has 100 valence electrons. The summed E-state index contributed by atoms with van der Waals surface area (Å²) in [6.45, 7) is 3.91. The Bertz CT molecular complexity index is 389. The van der Waals surface area contributed by atoms with Crippen molar-refractivity contribution in [1.29, 1.82) is 0 Å². The van der Waals surface area contributed by atoms with E-state index in [1.165, 1.54) is 6.42 Å². The summed E-state index contributed by atoms with van der Waals surface area (Å²) in [5.74, 6) is -0.0360. The lowest BCUT2D eigenvalue weighted by atomic mass is 10.2. The molecule has 1 aliphatic rings. The minimum atomic E-state index is -0.0360. The van der Waals surface area contributed by atoms with Gasteiger partial charge < -0.3 is 14.6 Å². The van der Waals surface area contributed by atoms with Gasteiger partial charge in [0.25, 0.3) is 0 Å². The highest BCUT2D eigenvalue weighted by atomic mass is 16.5. The third-order valence-corrected chi connectivity index (χ3v) is 3.22. The standard InChI is InChI=1S/C13H21N3O2/c1-2-3-4-7-18-9-13(17)15-11-5-6-16-10-14-8-12(11)16/h8,10-11H,2-7,9H2,1H3,(H,15,17). The van der Waals surface area contributed by atoms with Crippen LogP contribution in [0.3, 0.4) is 0 Å². The Labute approximate surface area is 108 Å². The molecule has 0 saturated heterocycles. The summed E-state index contributed by atoms with van der Waals surface area (Å²) in [4.78, 5) is 15.8. The van der Waals surface area contributed by atoms with Crippen LogP contribution < -0.4 is 5.32 Å². The van der Waals surface area contributed by atoms with Crippen LogP contribution in [-0.4, -0.2) is 28.7 Å². The van der Waals surface area contributed by atoms with Gasteiger partial charge in [-0.2, -0.15) is 0 Å². The van der Waals surface area contributed by atoms with Crippen LogP contribution in [0.15, 0.2) is 12.5 Å². The summed E-state index contributed by atoms with van der Waals surface area (Å²) in [6, 6.07) is 0.0965. The number of unbranched alkanes of at least 4 members (excludes halogenated alkanes) is 2. The normalized spacial score (nSPS) is 17.7. The van der Waals surface area contributed by atoms with Crippen LogP contribution in [0.2, 0.25) is 0 Å². The van der Waals surface area contributed by atoms with E-state index in [1.807, 2.05) is 12.5 Å². The van der Waals surface area contributed by atoms with Gasteiger partial charge in [-0.3, -0.25) is 4.79 Å². The van der Waals surface area contributed by atoms with Gasteiger partial charge in [0.15, 0.2) is 0 Å². The molecule has 18 heavy (non-hydrogen) atoms. The van der Waals surface area contributed by atoms with E-state index in [9.17, 15) is 4.79 Å². The van der Waals surface area contributed by atoms with Gasteiger partial charge in [-0.25, -0.2) is 4.98 Å². The van der Waals surface area contributed by atoms with Crippen LogP contribution in [-0.2, 0) is 16.1 Å². The Morgan fingerprint density at radius 1 is 1.61 bits per heavy atom. The molecule has 1 aromatic rings. The lowest BCUT2D eigenvalue weighted by Gasteiger charge is -2.12. The SMILES string of the molecule is CCCCCOCC(=O)NC1CCn2cncc21. The van der Waals surface area contributed by atoms with Crippen molar-refractivity contribution in [1.82, 2.24) is 14.9 Å². The number of ether oxygens (including phenoxy) is 1. The molecule has 2 rings (SSSR count). The van der Waals surface area contributed by atoms with Crippen molar-refractivity contribution in [3.05, 3.63) is 18.2 Å². The fourth-order valence-electron chi connectivity index (χ4n) is 2.23. The zero-order chi connectivity index (χ0) is 12.8. The van der Waals surface area contributed by atoms with Crippen LogP contribution in [0.1, 0.15) is 44.3 Å². The number of carbonyl (C=O) groups is 1. The number of aryl methyl sites for hydroxylation is 1. The first-order chi connectivity index (χ1) is 8.81. The van der Waals surface area contributed by atoms with Gasteiger partial charge in [-0.15, -0.1) is 0 Å². The summed E-state index contributed by atoms with van der Waals surface area (Å²) in [6.07, 6.45) is 7.92. The second-order valence-electron chi connectivity index (χ2n) is 4.68. The first kappa shape index (κ1) is 13.1. The number of carbonyl (C=O) groups excluding carboxylic acids is 1. The molecule has 1 unspecified atom stereocenters. The van der Waals surface area contributed by atoms with E-state index in [1.54, 1.807) is 0 Å². The summed E-state index contributed by atoms with van der Waals surface area (Å²) < 4.78 is 7.42. The highest BCUT2D eigenvalue weighted by Crippen LogP contribution is 2.24. The second-order valence-corrected chi connectivity index (χ2v) is 4.68. The van der Waals surface area contributed by atoms with E-state index in [2.05, 4.69) is 21.8 Å². The van der Waals surface area contributed by atoms with Crippen LogP contribution in [0.5, 0.6) is 0 Å². The largest absolute Gasteiger partial charge is 0.372 e. The molecule has 1 amide bonds. The molecule has 0 aliphatic carbocycles. The Morgan fingerprint density at radius 2 is 2.50 bits per heavy atom. The first-order valence-electron chi connectivity index (χ1n) is 6.68. The van der Waals surface area contributed by atoms with Gasteiger partial charge in [-0.1, -0.05) is 19.8 Å². The average Bonchev–Trinajstić information content (AvgIpc) is 2.94. The van der Waals surface area contributed by atoms with Crippen molar-refractivity contribution in [3.8, 4) is 0 Å². The zero-order valence-corrected chi connectivity index (χ0v) is 10.9. The molecule has 1 N–H and O–H groups in total. The van der Waals surface area contributed by atoms with Gasteiger partial charge in [0.05, 0.1) is 24.3 Å². The predicted molar refractivity (Wildman–Crippen MR) is 68.1 cm³/mol. The van der Waals surface area contributed by atoms with E-state index >= 15 is 0 Å². The zero-order valence-electron chi connectivity index (χ0n) is 10.9. The van der Waals surface area contributed by atoms with Crippen molar-refractivity contribution < 1.29 is 9.53 Å². The molecule has 0 aromatic carbocycles. The van der Waals surface area contributed by atoms with E-state index in [0.29, 0.717) is 6.61 Å². The predicted octanol–water partition coefficient (Wildman–Crippen LogP) is 1.65. The van der Waals surface area contributed by atoms with Crippen LogP contribution >= 0.6 is 0 Å². The maximum Gasteiger partial charge on any atom is 0.246 e. The molecule has 1 aliphatic heterocycles. The molecule has 0 bridgehead atoms. The monoisotopic (exact) mass is 251 g/mol. The highest BCUT2D eigenvalue weighted by molar-refractivity contribution is 5.77. The number of hydrogen-bond acceptors (Lipinski definition) is 3. The Kier molecular flexibility index (Phi) is 4.75. The molecular weight excluding hydrogens is 230 g/mol. The number of fused-ring (bicyclic) bond motifs is 1. The van der Waals surface area contributed by atoms with Crippen molar-refractivity contribution in [2.75, 3.05) is 13.2 Å². The summed E-state index contributed by atoms with van der Waals surface area (Å²) in [7, 11) is 0. The number of aromatic nitrogens is 2. The third kappa shape index (κ3) is 3.32. The number of imidazole rings is 1. The molecule has 0 saturated carbocycles. The highest BCUT2D eigenvalue weighted by Gasteiger charge is 2.23. The van der Waals surface area contributed by atoms with E-state index in [-0.39, 0.29) is 18.6 Å². The molecular formula is C13H21N3O2. The second kappa shape index (κ2) is 6.54. The molecule has 0 spiro atoms. The minimum absolute atomic E-state index is 0.0360. The van der Waals surface area contributed by atoms with Crippen molar-refractivity contribution in [2.24, 2.45) is 0 Å². The molecule has 0 radical (unpaired) electrons. The maximum absolute atomic E-state index is 11.7. The van der Waals surface area contributed by atoms with Crippen molar-refractivity contribution >= 4 is 5.91 Å². The molecule has 5 nitrogen and oxygen atoms in total. The Balaban J connectivity index is 1.66. The van der Waals surface area contributed by atoms with Crippen molar-refractivity contribution in [3.63, 3.8) is 0 Å². The number of hydrogen-bond donors (Lipinski definition) is 1. The van der Waals surface area contributed by atoms with Gasteiger partial charge in [-0.05, 0) is 12.8 Å². The molecule has 5 heteroatoms. The Hall–Kier alpha value is -1.36. The minimum Gasteiger partial charge on any atom is -0.372 e.